The summed E-state index contributed by atoms with van der Waals surface area (Å²) in [5, 5.41) is 5.43. The number of nitrogens with zero attached hydrogens (tertiary/aromatic N) is 1. The van der Waals surface area contributed by atoms with Gasteiger partial charge in [0.25, 0.3) is 5.91 Å². The topological polar surface area (TPSA) is 89.6 Å². The third-order valence-corrected chi connectivity index (χ3v) is 5.47. The Morgan fingerprint density at radius 3 is 2.58 bits per heavy atom. The second-order valence-electron chi connectivity index (χ2n) is 6.79. The number of halogens is 3. The third-order valence-electron chi connectivity index (χ3n) is 4.46. The molecule has 0 unspecified atom stereocenters. The van der Waals surface area contributed by atoms with Gasteiger partial charge < -0.3 is 20.1 Å². The fourth-order valence-corrected chi connectivity index (χ4v) is 3.75. The normalized spacial score (nSPS) is 12.3. The molecular weight excluding hydrogens is 459 g/mol. The van der Waals surface area contributed by atoms with Gasteiger partial charge in [0.2, 0.25) is 12.7 Å². The van der Waals surface area contributed by atoms with Crippen molar-refractivity contribution in [3.8, 4) is 11.5 Å². The number of nitrogens with one attached hydrogen (secondary N) is 2. The summed E-state index contributed by atoms with van der Waals surface area (Å²) in [7, 11) is 0. The van der Waals surface area contributed by atoms with Crippen LogP contribution < -0.4 is 20.1 Å². The van der Waals surface area contributed by atoms with Crippen LogP contribution in [-0.4, -0.2) is 29.3 Å². The van der Waals surface area contributed by atoms with Crippen LogP contribution in [0.4, 0.5) is 24.5 Å². The van der Waals surface area contributed by atoms with Crippen LogP contribution in [-0.2, 0) is 11.0 Å². The van der Waals surface area contributed by atoms with Gasteiger partial charge in [-0.25, -0.2) is 4.98 Å². The molecule has 1 aliphatic heterocycles. The number of hydrogen-bond acceptors (Lipinski definition) is 6. The average Bonchev–Trinajstić information content (AvgIpc) is 3.25. The number of amides is 2. The van der Waals surface area contributed by atoms with Crippen molar-refractivity contribution in [1.29, 1.82) is 0 Å². The van der Waals surface area contributed by atoms with Crippen LogP contribution in [0.15, 0.2) is 65.8 Å². The molecule has 4 rings (SSSR count). The Kier molecular flexibility index (Phi) is 6.40. The van der Waals surface area contributed by atoms with E-state index in [-0.39, 0.29) is 34.7 Å². The molecule has 0 spiro atoms. The SMILES string of the molecule is O=C(CSc1ncccc1C(=O)Nc1cccc(C(F)(F)F)c1)Nc1ccc2c(c1)OCO2. The maximum Gasteiger partial charge on any atom is 0.416 e. The van der Waals surface area contributed by atoms with Crippen molar-refractivity contribution < 1.29 is 32.2 Å². The Morgan fingerprint density at radius 2 is 1.76 bits per heavy atom. The molecular formula is C22H16F3N3O4S. The predicted molar refractivity (Wildman–Crippen MR) is 116 cm³/mol. The monoisotopic (exact) mass is 475 g/mol. The summed E-state index contributed by atoms with van der Waals surface area (Å²) in [6.45, 7) is 0.119. The van der Waals surface area contributed by atoms with Crippen molar-refractivity contribution in [3.63, 3.8) is 0 Å². The highest BCUT2D eigenvalue weighted by molar-refractivity contribution is 8.00. The van der Waals surface area contributed by atoms with Gasteiger partial charge in [0, 0.05) is 23.6 Å². The van der Waals surface area contributed by atoms with Gasteiger partial charge in [0.05, 0.1) is 16.9 Å². The molecule has 7 nitrogen and oxygen atoms in total. The Bertz CT molecular complexity index is 1200. The van der Waals surface area contributed by atoms with Crippen molar-refractivity contribution in [2.75, 3.05) is 23.2 Å². The molecule has 11 heteroatoms. The van der Waals surface area contributed by atoms with E-state index in [1.807, 2.05) is 0 Å². The van der Waals surface area contributed by atoms with Crippen LogP contribution in [0.1, 0.15) is 15.9 Å². The minimum Gasteiger partial charge on any atom is -0.454 e. The number of hydrogen-bond donors (Lipinski definition) is 2. The van der Waals surface area contributed by atoms with Gasteiger partial charge in [-0.3, -0.25) is 9.59 Å². The summed E-state index contributed by atoms with van der Waals surface area (Å²) in [5.41, 5.74) is -0.222. The van der Waals surface area contributed by atoms with E-state index >= 15 is 0 Å². The zero-order valence-corrected chi connectivity index (χ0v) is 17.6. The number of fused-ring (bicyclic) bond motifs is 1. The lowest BCUT2D eigenvalue weighted by Crippen LogP contribution is -2.16. The van der Waals surface area contributed by atoms with Crippen LogP contribution in [0.5, 0.6) is 11.5 Å². The number of rotatable bonds is 6. The van der Waals surface area contributed by atoms with Crippen molar-refractivity contribution in [3.05, 3.63) is 71.9 Å². The van der Waals surface area contributed by atoms with E-state index in [1.165, 1.54) is 30.5 Å². The minimum absolute atomic E-state index is 0.00446. The number of aromatic nitrogens is 1. The summed E-state index contributed by atoms with van der Waals surface area (Å²) in [5.74, 6) is 0.0934. The number of pyridine rings is 1. The molecule has 2 N–H and O–H groups in total. The van der Waals surface area contributed by atoms with E-state index < -0.39 is 17.6 Å². The molecule has 33 heavy (non-hydrogen) atoms. The van der Waals surface area contributed by atoms with Crippen molar-refractivity contribution in [2.45, 2.75) is 11.2 Å². The van der Waals surface area contributed by atoms with Gasteiger partial charge in [-0.1, -0.05) is 17.8 Å². The highest BCUT2D eigenvalue weighted by Gasteiger charge is 2.30. The predicted octanol–water partition coefficient (Wildman–Crippen LogP) is 4.81. The maximum atomic E-state index is 12.9. The molecule has 2 aromatic carbocycles. The van der Waals surface area contributed by atoms with E-state index in [2.05, 4.69) is 15.6 Å². The summed E-state index contributed by atoms with van der Waals surface area (Å²) in [6.07, 6.45) is -3.07. The lowest BCUT2D eigenvalue weighted by atomic mass is 10.2. The summed E-state index contributed by atoms with van der Waals surface area (Å²) in [4.78, 5) is 29.1. The molecule has 0 aliphatic carbocycles. The van der Waals surface area contributed by atoms with Crippen LogP contribution in [0, 0.1) is 0 Å². The fourth-order valence-electron chi connectivity index (χ4n) is 2.96. The maximum absolute atomic E-state index is 12.9. The molecule has 0 bridgehead atoms. The largest absolute Gasteiger partial charge is 0.454 e. The molecule has 0 saturated heterocycles. The molecule has 0 fully saturated rings. The average molecular weight is 475 g/mol. The van der Waals surface area contributed by atoms with E-state index in [1.54, 1.807) is 18.2 Å². The van der Waals surface area contributed by atoms with Crippen LogP contribution in [0.2, 0.25) is 0 Å². The van der Waals surface area contributed by atoms with Gasteiger partial charge in [-0.15, -0.1) is 0 Å². The Labute approximate surface area is 190 Å². The van der Waals surface area contributed by atoms with E-state index in [0.29, 0.717) is 17.2 Å². The lowest BCUT2D eigenvalue weighted by Gasteiger charge is -2.11. The first kappa shape index (κ1) is 22.5. The number of ether oxygens (including phenoxy) is 2. The first-order valence-corrected chi connectivity index (χ1v) is 10.5. The van der Waals surface area contributed by atoms with Gasteiger partial charge in [0.1, 0.15) is 5.03 Å². The van der Waals surface area contributed by atoms with Gasteiger partial charge in [-0.2, -0.15) is 13.2 Å². The van der Waals surface area contributed by atoms with E-state index in [9.17, 15) is 22.8 Å². The van der Waals surface area contributed by atoms with Gasteiger partial charge in [0.15, 0.2) is 11.5 Å². The quantitative estimate of drug-likeness (QED) is 0.498. The highest BCUT2D eigenvalue weighted by Crippen LogP contribution is 2.34. The molecule has 1 aliphatic rings. The molecule has 0 radical (unpaired) electrons. The fraction of sp³-hybridized carbons (Fsp3) is 0.136. The number of carbonyl (C=O) groups excluding carboxylic acids is 2. The third kappa shape index (κ3) is 5.55. The molecule has 0 saturated carbocycles. The Balaban J connectivity index is 1.40. The second-order valence-corrected chi connectivity index (χ2v) is 7.76. The molecule has 2 heterocycles. The molecule has 2 amide bonds. The van der Waals surface area contributed by atoms with E-state index in [4.69, 9.17) is 9.47 Å². The van der Waals surface area contributed by atoms with E-state index in [0.717, 1.165) is 23.9 Å². The number of thioether (sulfide) groups is 1. The molecule has 3 aromatic rings. The van der Waals surface area contributed by atoms with Crippen molar-refractivity contribution in [1.82, 2.24) is 4.98 Å². The van der Waals surface area contributed by atoms with Crippen LogP contribution >= 0.6 is 11.8 Å². The summed E-state index contributed by atoms with van der Waals surface area (Å²) >= 11 is 1.03. The Hall–Kier alpha value is -3.73. The van der Waals surface area contributed by atoms with Gasteiger partial charge >= 0.3 is 6.18 Å². The smallest absolute Gasteiger partial charge is 0.416 e. The highest BCUT2D eigenvalue weighted by atomic mass is 32.2. The molecule has 170 valence electrons. The van der Waals surface area contributed by atoms with Crippen molar-refractivity contribution in [2.24, 2.45) is 0 Å². The van der Waals surface area contributed by atoms with Crippen LogP contribution in [0.3, 0.4) is 0 Å². The second kappa shape index (κ2) is 9.41. The van der Waals surface area contributed by atoms with Gasteiger partial charge in [-0.05, 0) is 42.5 Å². The first-order valence-electron chi connectivity index (χ1n) is 9.55. The first-order chi connectivity index (χ1) is 15.8. The molecule has 1 aromatic heterocycles. The van der Waals surface area contributed by atoms with Crippen molar-refractivity contribution >= 4 is 35.0 Å². The zero-order valence-electron chi connectivity index (χ0n) is 16.8. The number of alkyl halides is 3. The number of benzene rings is 2. The Morgan fingerprint density at radius 1 is 0.970 bits per heavy atom. The lowest BCUT2D eigenvalue weighted by molar-refractivity contribution is -0.137. The standard InChI is InChI=1S/C22H16F3N3O4S/c23-22(24,25)13-3-1-4-14(9-13)28-20(30)16-5-2-8-26-21(16)33-11-19(29)27-15-6-7-17-18(10-15)32-12-31-17/h1-10H,11-12H2,(H,27,29)(H,28,30). The minimum atomic E-state index is -4.53. The number of carbonyl (C=O) groups is 2. The number of anilines is 2. The zero-order chi connectivity index (χ0) is 23.4. The molecule has 0 atom stereocenters. The van der Waals surface area contributed by atoms with Crippen LogP contribution in [0.25, 0.3) is 0 Å². The summed E-state index contributed by atoms with van der Waals surface area (Å²) in [6, 6.07) is 12.3. The summed E-state index contributed by atoms with van der Waals surface area (Å²) < 4.78 is 49.2.